The SMILES string of the molecule is CCc1ccccc1NC(=O)CN1CCN(C(=O)CSc2nnnn2-c2ccc(O)cc2)CC1. The molecule has 3 aromatic rings. The van der Waals surface area contributed by atoms with E-state index in [2.05, 4.69) is 32.7 Å². The second kappa shape index (κ2) is 11.1. The fourth-order valence-electron chi connectivity index (χ4n) is 3.74. The summed E-state index contributed by atoms with van der Waals surface area (Å²) in [6, 6.07) is 14.3. The molecule has 0 atom stereocenters. The molecule has 178 valence electrons. The molecule has 2 aromatic carbocycles. The average Bonchev–Trinajstić information content (AvgIpc) is 3.32. The normalized spacial score (nSPS) is 14.2. The number of nitrogens with one attached hydrogen (secondary N) is 1. The van der Waals surface area contributed by atoms with Gasteiger partial charge in [0.1, 0.15) is 5.75 Å². The van der Waals surface area contributed by atoms with Crippen molar-refractivity contribution in [1.29, 1.82) is 0 Å². The Labute approximate surface area is 201 Å². The van der Waals surface area contributed by atoms with E-state index in [1.165, 1.54) is 16.4 Å². The van der Waals surface area contributed by atoms with Crippen LogP contribution in [0.5, 0.6) is 5.75 Å². The van der Waals surface area contributed by atoms with Crippen LogP contribution in [0.25, 0.3) is 5.69 Å². The first-order valence-electron chi connectivity index (χ1n) is 11.1. The molecular formula is C23H27N7O3S. The number of nitrogens with zero attached hydrogens (tertiary/aromatic N) is 6. The molecule has 0 saturated carbocycles. The molecule has 10 nitrogen and oxygen atoms in total. The van der Waals surface area contributed by atoms with Gasteiger partial charge in [-0.3, -0.25) is 14.5 Å². The fraction of sp³-hybridized carbons (Fsp3) is 0.348. The first kappa shape index (κ1) is 23.7. The Kier molecular flexibility index (Phi) is 7.76. The highest BCUT2D eigenvalue weighted by atomic mass is 32.2. The van der Waals surface area contributed by atoms with Gasteiger partial charge < -0.3 is 15.3 Å². The van der Waals surface area contributed by atoms with Crippen LogP contribution >= 0.6 is 11.8 Å². The van der Waals surface area contributed by atoms with E-state index < -0.39 is 0 Å². The van der Waals surface area contributed by atoms with Gasteiger partial charge in [-0.25, -0.2) is 0 Å². The summed E-state index contributed by atoms with van der Waals surface area (Å²) in [5.74, 6) is 0.333. The molecule has 2 N–H and O–H groups in total. The number of carbonyl (C=O) groups is 2. The number of phenols is 1. The largest absolute Gasteiger partial charge is 0.508 e. The maximum absolute atomic E-state index is 12.7. The first-order chi connectivity index (χ1) is 16.5. The highest BCUT2D eigenvalue weighted by molar-refractivity contribution is 7.99. The molecule has 1 aliphatic rings. The van der Waals surface area contributed by atoms with Crippen LogP contribution in [0.15, 0.2) is 53.7 Å². The standard InChI is InChI=1S/C23H27N7O3S/c1-2-17-5-3-4-6-20(17)24-21(32)15-28-11-13-29(14-12-28)22(33)16-34-23-25-26-27-30(23)18-7-9-19(31)10-8-18/h3-10,31H,2,11-16H2,1H3,(H,24,32). The van der Waals surface area contributed by atoms with Crippen molar-refractivity contribution in [1.82, 2.24) is 30.0 Å². The third kappa shape index (κ3) is 5.91. The highest BCUT2D eigenvalue weighted by Crippen LogP contribution is 2.21. The minimum absolute atomic E-state index is 0.00577. The Balaban J connectivity index is 1.23. The number of thioether (sulfide) groups is 1. The average molecular weight is 482 g/mol. The van der Waals surface area contributed by atoms with Crippen LogP contribution in [0.4, 0.5) is 5.69 Å². The molecule has 11 heteroatoms. The lowest BCUT2D eigenvalue weighted by Gasteiger charge is -2.34. The van der Waals surface area contributed by atoms with Crippen LogP contribution < -0.4 is 5.32 Å². The van der Waals surface area contributed by atoms with E-state index >= 15 is 0 Å². The summed E-state index contributed by atoms with van der Waals surface area (Å²) < 4.78 is 1.53. The van der Waals surface area contributed by atoms with Crippen LogP contribution in [0.2, 0.25) is 0 Å². The van der Waals surface area contributed by atoms with Crippen molar-refractivity contribution in [3.63, 3.8) is 0 Å². The lowest BCUT2D eigenvalue weighted by atomic mass is 10.1. The van der Waals surface area contributed by atoms with Gasteiger partial charge in [-0.05, 0) is 52.7 Å². The summed E-state index contributed by atoms with van der Waals surface area (Å²) in [5.41, 5.74) is 2.67. The van der Waals surface area contributed by atoms with Crippen LogP contribution in [-0.4, -0.2) is 85.4 Å². The molecule has 1 aliphatic heterocycles. The Morgan fingerprint density at radius 3 is 2.53 bits per heavy atom. The molecule has 1 aromatic heterocycles. The molecule has 0 bridgehead atoms. The molecule has 0 radical (unpaired) electrons. The number of aromatic hydroxyl groups is 1. The van der Waals surface area contributed by atoms with Gasteiger partial charge in [0.05, 0.1) is 18.0 Å². The Morgan fingerprint density at radius 1 is 1.06 bits per heavy atom. The molecule has 1 fully saturated rings. The van der Waals surface area contributed by atoms with Crippen molar-refractivity contribution in [3.05, 3.63) is 54.1 Å². The number of phenolic OH excluding ortho intramolecular Hbond substituents is 1. The molecule has 4 rings (SSSR count). The van der Waals surface area contributed by atoms with Gasteiger partial charge in [-0.2, -0.15) is 4.68 Å². The number of rotatable bonds is 8. The van der Waals surface area contributed by atoms with Gasteiger partial charge in [0.15, 0.2) is 0 Å². The van der Waals surface area contributed by atoms with E-state index in [0.717, 1.165) is 17.7 Å². The summed E-state index contributed by atoms with van der Waals surface area (Å²) in [6.45, 7) is 4.79. The number of aromatic nitrogens is 4. The number of amides is 2. The van der Waals surface area contributed by atoms with E-state index in [9.17, 15) is 14.7 Å². The summed E-state index contributed by atoms with van der Waals surface area (Å²) in [7, 11) is 0. The van der Waals surface area contributed by atoms with Gasteiger partial charge in [0.25, 0.3) is 0 Å². The van der Waals surface area contributed by atoms with Crippen molar-refractivity contribution in [2.75, 3.05) is 43.8 Å². The maximum atomic E-state index is 12.7. The Morgan fingerprint density at radius 2 is 1.79 bits per heavy atom. The Hall–Kier alpha value is -3.44. The number of carbonyl (C=O) groups excluding carboxylic acids is 2. The third-order valence-corrected chi connectivity index (χ3v) is 6.53. The quantitative estimate of drug-likeness (QED) is 0.468. The number of hydrogen-bond acceptors (Lipinski definition) is 8. The second-order valence-electron chi connectivity index (χ2n) is 7.89. The van der Waals surface area contributed by atoms with Gasteiger partial charge in [0, 0.05) is 31.9 Å². The Bertz CT molecular complexity index is 1130. The van der Waals surface area contributed by atoms with Gasteiger partial charge in [0.2, 0.25) is 17.0 Å². The lowest BCUT2D eigenvalue weighted by Crippen LogP contribution is -2.50. The predicted molar refractivity (Wildman–Crippen MR) is 129 cm³/mol. The molecule has 34 heavy (non-hydrogen) atoms. The van der Waals surface area contributed by atoms with E-state index in [1.807, 2.05) is 29.2 Å². The van der Waals surface area contributed by atoms with Gasteiger partial charge in [-0.15, -0.1) is 5.10 Å². The number of tetrazole rings is 1. The van der Waals surface area contributed by atoms with Crippen LogP contribution in [0.1, 0.15) is 12.5 Å². The smallest absolute Gasteiger partial charge is 0.238 e. The van der Waals surface area contributed by atoms with E-state index in [0.29, 0.717) is 43.6 Å². The van der Waals surface area contributed by atoms with Crippen LogP contribution in [0.3, 0.4) is 0 Å². The number of hydrogen-bond donors (Lipinski definition) is 2. The van der Waals surface area contributed by atoms with E-state index in [4.69, 9.17) is 0 Å². The predicted octanol–water partition coefficient (Wildman–Crippen LogP) is 1.81. The summed E-state index contributed by atoms with van der Waals surface area (Å²) in [4.78, 5) is 29.1. The number of aryl methyl sites for hydroxylation is 1. The molecule has 0 spiro atoms. The first-order valence-corrected chi connectivity index (χ1v) is 12.1. The van der Waals surface area contributed by atoms with Crippen molar-refractivity contribution < 1.29 is 14.7 Å². The number of anilines is 1. The number of para-hydroxylation sites is 1. The molecule has 0 unspecified atom stereocenters. The van der Waals surface area contributed by atoms with Crippen molar-refractivity contribution in [2.45, 2.75) is 18.5 Å². The van der Waals surface area contributed by atoms with Crippen molar-refractivity contribution in [3.8, 4) is 11.4 Å². The number of benzene rings is 2. The van der Waals surface area contributed by atoms with Crippen molar-refractivity contribution in [2.24, 2.45) is 0 Å². The molecular weight excluding hydrogens is 454 g/mol. The number of piperazine rings is 1. The third-order valence-electron chi connectivity index (χ3n) is 5.62. The van der Waals surface area contributed by atoms with Gasteiger partial charge in [-0.1, -0.05) is 36.9 Å². The monoisotopic (exact) mass is 481 g/mol. The minimum Gasteiger partial charge on any atom is -0.508 e. The highest BCUT2D eigenvalue weighted by Gasteiger charge is 2.23. The zero-order valence-corrected chi connectivity index (χ0v) is 19.7. The fourth-order valence-corrected chi connectivity index (χ4v) is 4.53. The summed E-state index contributed by atoms with van der Waals surface area (Å²) in [6.07, 6.45) is 0.858. The zero-order chi connectivity index (χ0) is 23.9. The van der Waals surface area contributed by atoms with E-state index in [-0.39, 0.29) is 23.3 Å². The van der Waals surface area contributed by atoms with Crippen molar-refractivity contribution >= 4 is 29.3 Å². The zero-order valence-electron chi connectivity index (χ0n) is 18.9. The summed E-state index contributed by atoms with van der Waals surface area (Å²) >= 11 is 1.27. The maximum Gasteiger partial charge on any atom is 0.238 e. The van der Waals surface area contributed by atoms with Crippen LogP contribution in [0, 0.1) is 0 Å². The van der Waals surface area contributed by atoms with Gasteiger partial charge >= 0.3 is 0 Å². The van der Waals surface area contributed by atoms with E-state index in [1.54, 1.807) is 24.3 Å². The molecule has 2 heterocycles. The minimum atomic E-state index is -0.0442. The topological polar surface area (TPSA) is 116 Å². The molecule has 0 aliphatic carbocycles. The van der Waals surface area contributed by atoms with Crippen LogP contribution in [-0.2, 0) is 16.0 Å². The lowest BCUT2D eigenvalue weighted by molar-refractivity contribution is -0.130. The molecule has 1 saturated heterocycles. The summed E-state index contributed by atoms with van der Waals surface area (Å²) in [5, 5.41) is 24.6. The molecule has 2 amide bonds. The second-order valence-corrected chi connectivity index (χ2v) is 8.84.